The maximum Gasteiger partial charge on any atom is 0.0449 e. The van der Waals surface area contributed by atoms with E-state index >= 15 is 0 Å². The Kier molecular flexibility index (Phi) is 2.97. The molecule has 0 aromatic heterocycles. The summed E-state index contributed by atoms with van der Waals surface area (Å²) in [6, 6.07) is 0. The van der Waals surface area contributed by atoms with Gasteiger partial charge in [0.05, 0.1) is 0 Å². The third-order valence-corrected chi connectivity index (χ3v) is 1.04. The molecule has 0 aliphatic rings. The fraction of sp³-hybridized carbons (Fsp3) is 1.00. The Bertz CT molecular complexity index is 63.4. The largest absolute Gasteiger partial charge is 0.396 e. The highest BCUT2D eigenvalue weighted by atomic mass is 16.5. The van der Waals surface area contributed by atoms with Crippen molar-refractivity contribution in [1.29, 1.82) is 0 Å². The first-order chi connectivity index (χ1) is 3.62. The summed E-state index contributed by atoms with van der Waals surface area (Å²) in [4.78, 5) is 0. The smallest absolute Gasteiger partial charge is 0.0449 e. The van der Waals surface area contributed by atoms with E-state index in [-0.39, 0.29) is 12.1 Å². The van der Waals surface area contributed by atoms with Gasteiger partial charge in [-0.2, -0.15) is 5.48 Å². The second-order valence-electron chi connectivity index (χ2n) is 2.47. The summed E-state index contributed by atoms with van der Waals surface area (Å²) < 4.78 is 0. The molecule has 50 valence electrons. The Morgan fingerprint density at radius 2 is 2.00 bits per heavy atom. The molecule has 0 bridgehead atoms. The Morgan fingerprint density at radius 1 is 1.50 bits per heavy atom. The summed E-state index contributed by atoms with van der Waals surface area (Å²) in [5, 5.41) is 16.7. The second-order valence-corrected chi connectivity index (χ2v) is 2.47. The van der Waals surface area contributed by atoms with Gasteiger partial charge in [-0.25, -0.2) is 0 Å². The first-order valence-corrected chi connectivity index (χ1v) is 2.64. The van der Waals surface area contributed by atoms with E-state index < -0.39 is 0 Å². The number of nitrogens with one attached hydrogen (secondary N) is 1. The van der Waals surface area contributed by atoms with Crippen molar-refractivity contribution in [2.24, 2.45) is 0 Å². The van der Waals surface area contributed by atoms with E-state index in [1.807, 2.05) is 13.8 Å². The number of aliphatic hydroxyl groups excluding tert-OH is 1. The molecular formula is C5H13NO2. The highest BCUT2D eigenvalue weighted by Gasteiger charge is 2.13. The van der Waals surface area contributed by atoms with Gasteiger partial charge in [-0.15, -0.1) is 0 Å². The summed E-state index contributed by atoms with van der Waals surface area (Å²) in [5.74, 6) is 0. The average molecular weight is 119 g/mol. The van der Waals surface area contributed by atoms with E-state index in [0.29, 0.717) is 6.42 Å². The minimum Gasteiger partial charge on any atom is -0.396 e. The standard InChI is InChI=1S/C5H13NO2/c1-5(2,6-8)3-4-7/h6-8H,3-4H2,1-2H3. The molecule has 0 aliphatic carbocycles. The Balaban J connectivity index is 3.37. The maximum atomic E-state index is 8.38. The molecule has 0 heterocycles. The van der Waals surface area contributed by atoms with Crippen LogP contribution in [-0.2, 0) is 0 Å². The van der Waals surface area contributed by atoms with E-state index in [1.165, 1.54) is 0 Å². The van der Waals surface area contributed by atoms with Gasteiger partial charge in [0.15, 0.2) is 0 Å². The molecule has 0 aromatic rings. The second kappa shape index (κ2) is 3.02. The third kappa shape index (κ3) is 2.96. The van der Waals surface area contributed by atoms with Crippen molar-refractivity contribution >= 4 is 0 Å². The molecule has 0 rings (SSSR count). The van der Waals surface area contributed by atoms with Crippen molar-refractivity contribution in [2.75, 3.05) is 6.61 Å². The van der Waals surface area contributed by atoms with Crippen LogP contribution in [0.25, 0.3) is 0 Å². The zero-order valence-electron chi connectivity index (χ0n) is 5.31. The monoisotopic (exact) mass is 119 g/mol. The van der Waals surface area contributed by atoms with Crippen LogP contribution in [0.1, 0.15) is 20.3 Å². The molecule has 0 amide bonds. The minimum absolute atomic E-state index is 0.0978. The lowest BCUT2D eigenvalue weighted by Gasteiger charge is -2.20. The van der Waals surface area contributed by atoms with Gasteiger partial charge in [-0.05, 0) is 20.3 Å². The molecule has 0 saturated heterocycles. The minimum atomic E-state index is -0.352. The summed E-state index contributed by atoms with van der Waals surface area (Å²) in [6.45, 7) is 3.72. The predicted molar refractivity (Wildman–Crippen MR) is 30.7 cm³/mol. The molecule has 0 aliphatic heterocycles. The summed E-state index contributed by atoms with van der Waals surface area (Å²) in [7, 11) is 0. The van der Waals surface area contributed by atoms with Gasteiger partial charge in [0.25, 0.3) is 0 Å². The Morgan fingerprint density at radius 3 is 2.12 bits per heavy atom. The highest BCUT2D eigenvalue weighted by molar-refractivity contribution is 4.71. The fourth-order valence-electron chi connectivity index (χ4n) is 0.335. The highest BCUT2D eigenvalue weighted by Crippen LogP contribution is 2.04. The Labute approximate surface area is 49.3 Å². The molecule has 3 nitrogen and oxygen atoms in total. The quantitative estimate of drug-likeness (QED) is 0.463. The average Bonchev–Trinajstić information content (AvgIpc) is 1.67. The zero-order chi connectivity index (χ0) is 6.62. The van der Waals surface area contributed by atoms with Crippen molar-refractivity contribution in [3.8, 4) is 0 Å². The molecular weight excluding hydrogens is 106 g/mol. The van der Waals surface area contributed by atoms with Crippen LogP contribution in [0.4, 0.5) is 0 Å². The summed E-state index contributed by atoms with van der Waals surface area (Å²) in [6.07, 6.45) is 0.559. The van der Waals surface area contributed by atoms with Crippen LogP contribution in [-0.4, -0.2) is 22.5 Å². The van der Waals surface area contributed by atoms with E-state index in [4.69, 9.17) is 10.3 Å². The molecule has 8 heavy (non-hydrogen) atoms. The van der Waals surface area contributed by atoms with Crippen molar-refractivity contribution < 1.29 is 10.3 Å². The normalized spacial score (nSPS) is 12.0. The number of aliphatic hydroxyl groups is 1. The molecule has 0 unspecified atom stereocenters. The van der Waals surface area contributed by atoms with E-state index in [1.54, 1.807) is 0 Å². The molecule has 3 N–H and O–H groups in total. The summed E-state index contributed by atoms with van der Waals surface area (Å²) in [5.41, 5.74) is 1.73. The van der Waals surface area contributed by atoms with Crippen LogP contribution in [0.3, 0.4) is 0 Å². The van der Waals surface area contributed by atoms with Crippen LogP contribution >= 0.6 is 0 Å². The lowest BCUT2D eigenvalue weighted by molar-refractivity contribution is 0.0648. The number of hydroxylamine groups is 1. The molecule has 0 fully saturated rings. The molecule has 0 spiro atoms. The number of hydrogen-bond donors (Lipinski definition) is 3. The molecule has 3 heteroatoms. The van der Waals surface area contributed by atoms with Crippen molar-refractivity contribution in [3.05, 3.63) is 0 Å². The first kappa shape index (κ1) is 7.88. The van der Waals surface area contributed by atoms with Gasteiger partial charge in [0.2, 0.25) is 0 Å². The van der Waals surface area contributed by atoms with E-state index in [0.717, 1.165) is 0 Å². The number of hydrogen-bond acceptors (Lipinski definition) is 3. The van der Waals surface area contributed by atoms with Gasteiger partial charge < -0.3 is 10.3 Å². The van der Waals surface area contributed by atoms with Gasteiger partial charge in [-0.3, -0.25) is 0 Å². The lowest BCUT2D eigenvalue weighted by Crippen LogP contribution is -2.37. The molecule has 0 radical (unpaired) electrons. The van der Waals surface area contributed by atoms with E-state index in [9.17, 15) is 0 Å². The maximum absolute atomic E-state index is 8.38. The fourth-order valence-corrected chi connectivity index (χ4v) is 0.335. The molecule has 0 atom stereocenters. The third-order valence-electron chi connectivity index (χ3n) is 1.04. The number of rotatable bonds is 3. The van der Waals surface area contributed by atoms with Gasteiger partial charge in [0.1, 0.15) is 0 Å². The van der Waals surface area contributed by atoms with Crippen LogP contribution in [0, 0.1) is 0 Å². The topological polar surface area (TPSA) is 52.5 Å². The van der Waals surface area contributed by atoms with Gasteiger partial charge in [0, 0.05) is 12.1 Å². The van der Waals surface area contributed by atoms with Crippen molar-refractivity contribution in [3.63, 3.8) is 0 Å². The van der Waals surface area contributed by atoms with Gasteiger partial charge in [-0.1, -0.05) is 0 Å². The van der Waals surface area contributed by atoms with Crippen LogP contribution in [0.2, 0.25) is 0 Å². The van der Waals surface area contributed by atoms with Gasteiger partial charge >= 0.3 is 0 Å². The first-order valence-electron chi connectivity index (χ1n) is 2.64. The van der Waals surface area contributed by atoms with Crippen LogP contribution < -0.4 is 5.48 Å². The molecule has 0 saturated carbocycles. The summed E-state index contributed by atoms with van der Waals surface area (Å²) >= 11 is 0. The van der Waals surface area contributed by atoms with E-state index in [2.05, 4.69) is 5.48 Å². The zero-order valence-corrected chi connectivity index (χ0v) is 5.31. The molecule has 0 aromatic carbocycles. The SMILES string of the molecule is CC(C)(CCO)NO. The predicted octanol–water partition coefficient (Wildman–Crippen LogP) is 0.126. The Hall–Kier alpha value is -0.120. The lowest BCUT2D eigenvalue weighted by atomic mass is 10.0. The van der Waals surface area contributed by atoms with Crippen LogP contribution in [0.5, 0.6) is 0 Å². The van der Waals surface area contributed by atoms with Crippen molar-refractivity contribution in [1.82, 2.24) is 5.48 Å². The van der Waals surface area contributed by atoms with Crippen LogP contribution in [0.15, 0.2) is 0 Å². The van der Waals surface area contributed by atoms with Crippen molar-refractivity contribution in [2.45, 2.75) is 25.8 Å².